The first-order chi connectivity index (χ1) is 10.5. The zero-order valence-electron chi connectivity index (χ0n) is 11.0. The summed E-state index contributed by atoms with van der Waals surface area (Å²) in [5.74, 6) is -0.731. The molecule has 22 heavy (non-hydrogen) atoms. The summed E-state index contributed by atoms with van der Waals surface area (Å²) < 4.78 is 0. The van der Waals surface area contributed by atoms with Crippen LogP contribution in [-0.2, 0) is 0 Å². The van der Waals surface area contributed by atoms with Crippen molar-refractivity contribution in [2.75, 3.05) is 5.32 Å². The summed E-state index contributed by atoms with van der Waals surface area (Å²) in [5.41, 5.74) is 1.17. The highest BCUT2D eigenvalue weighted by molar-refractivity contribution is 6.50. The number of ketones is 2. The van der Waals surface area contributed by atoms with E-state index in [0.717, 1.165) is 0 Å². The topological polar surface area (TPSA) is 46.2 Å². The van der Waals surface area contributed by atoms with Gasteiger partial charge in [0.15, 0.2) is 0 Å². The van der Waals surface area contributed by atoms with E-state index in [1.54, 1.807) is 42.5 Å². The summed E-state index contributed by atoms with van der Waals surface area (Å²) in [6, 6.07) is 11.3. The number of carbonyl (C=O) groups is 2. The predicted octanol–water partition coefficient (Wildman–Crippen LogP) is 4.93. The number of carbonyl (C=O) groups excluding carboxylic acids is 2. The van der Waals surface area contributed by atoms with Gasteiger partial charge < -0.3 is 5.32 Å². The zero-order chi connectivity index (χ0) is 15.9. The van der Waals surface area contributed by atoms with Gasteiger partial charge in [-0.3, -0.25) is 9.59 Å². The van der Waals surface area contributed by atoms with Crippen LogP contribution in [0.15, 0.2) is 53.2 Å². The van der Waals surface area contributed by atoms with Crippen molar-refractivity contribution >= 4 is 52.1 Å². The normalized spacial score (nSPS) is 14.1. The molecule has 0 radical (unpaired) electrons. The van der Waals surface area contributed by atoms with Gasteiger partial charge in [0, 0.05) is 16.8 Å². The zero-order valence-corrected chi connectivity index (χ0v) is 13.3. The fourth-order valence-corrected chi connectivity index (χ4v) is 2.71. The van der Waals surface area contributed by atoms with Crippen LogP contribution in [0.1, 0.15) is 20.7 Å². The Morgan fingerprint density at radius 2 is 1.41 bits per heavy atom. The molecular weight excluding hydrogens is 345 g/mol. The Morgan fingerprint density at radius 3 is 2.05 bits per heavy atom. The van der Waals surface area contributed by atoms with Gasteiger partial charge in [0.05, 0.1) is 10.0 Å². The van der Waals surface area contributed by atoms with E-state index < -0.39 is 0 Å². The van der Waals surface area contributed by atoms with Crippen LogP contribution in [0.2, 0.25) is 10.0 Å². The van der Waals surface area contributed by atoms with Crippen LogP contribution < -0.4 is 5.32 Å². The van der Waals surface area contributed by atoms with Gasteiger partial charge in [-0.05, 0) is 18.2 Å². The monoisotopic (exact) mass is 351 g/mol. The highest BCUT2D eigenvalue weighted by atomic mass is 35.5. The molecule has 1 aliphatic carbocycles. The molecule has 0 saturated carbocycles. The van der Waals surface area contributed by atoms with E-state index in [4.69, 9.17) is 34.8 Å². The Labute approximate surface area is 141 Å². The maximum Gasteiger partial charge on any atom is 0.211 e. The van der Waals surface area contributed by atoms with Crippen LogP contribution in [0.4, 0.5) is 5.69 Å². The molecule has 0 amide bonds. The Kier molecular flexibility index (Phi) is 3.96. The van der Waals surface area contributed by atoms with Gasteiger partial charge in [-0.15, -0.1) is 0 Å². The maximum atomic E-state index is 12.5. The Bertz CT molecular complexity index is 843. The van der Waals surface area contributed by atoms with E-state index in [9.17, 15) is 9.59 Å². The lowest BCUT2D eigenvalue weighted by atomic mass is 9.92. The van der Waals surface area contributed by atoms with Crippen LogP contribution in [0.25, 0.3) is 0 Å². The summed E-state index contributed by atoms with van der Waals surface area (Å²) in [7, 11) is 0. The number of Topliss-reactive ketones (excluding diaryl/α,β-unsaturated/α-hetero) is 2. The molecule has 0 spiro atoms. The molecule has 2 aromatic carbocycles. The molecular formula is C16H8Cl3NO2. The second-order valence-corrected chi connectivity index (χ2v) is 5.84. The molecule has 2 aromatic rings. The molecule has 6 heteroatoms. The molecule has 1 aliphatic rings. The van der Waals surface area contributed by atoms with Crippen molar-refractivity contribution in [3.8, 4) is 0 Å². The fraction of sp³-hybridized carbons (Fsp3) is 0. The van der Waals surface area contributed by atoms with Crippen LogP contribution >= 0.6 is 34.8 Å². The van der Waals surface area contributed by atoms with Gasteiger partial charge in [0.1, 0.15) is 10.7 Å². The van der Waals surface area contributed by atoms with Crippen molar-refractivity contribution in [1.82, 2.24) is 0 Å². The van der Waals surface area contributed by atoms with Gasteiger partial charge in [0.2, 0.25) is 11.6 Å². The summed E-state index contributed by atoms with van der Waals surface area (Å²) in [6.45, 7) is 0. The highest BCUT2D eigenvalue weighted by Gasteiger charge is 2.31. The van der Waals surface area contributed by atoms with E-state index in [1.807, 2.05) is 0 Å². The van der Waals surface area contributed by atoms with Crippen LogP contribution in [0.3, 0.4) is 0 Å². The van der Waals surface area contributed by atoms with E-state index in [0.29, 0.717) is 26.9 Å². The second kappa shape index (κ2) is 5.76. The molecule has 3 nitrogen and oxygen atoms in total. The molecule has 0 aromatic heterocycles. The smallest absolute Gasteiger partial charge is 0.211 e. The molecule has 0 bridgehead atoms. The number of halogens is 3. The van der Waals surface area contributed by atoms with Crippen molar-refractivity contribution in [3.63, 3.8) is 0 Å². The van der Waals surface area contributed by atoms with Crippen molar-refractivity contribution in [1.29, 1.82) is 0 Å². The van der Waals surface area contributed by atoms with Gasteiger partial charge >= 0.3 is 0 Å². The number of fused-ring (bicyclic) bond motifs is 1. The molecule has 0 atom stereocenters. The second-order valence-electron chi connectivity index (χ2n) is 4.65. The first kappa shape index (κ1) is 15.1. The SMILES string of the molecule is O=C1C(Cl)=C(Nc2ccc(Cl)c(Cl)c2)C(=O)c2ccccc21. The minimum absolute atomic E-state index is 0.0313. The van der Waals surface area contributed by atoms with Crippen LogP contribution in [0, 0.1) is 0 Å². The average Bonchev–Trinajstić information content (AvgIpc) is 2.53. The number of anilines is 1. The first-order valence-corrected chi connectivity index (χ1v) is 7.42. The van der Waals surface area contributed by atoms with Crippen LogP contribution in [0.5, 0.6) is 0 Å². The van der Waals surface area contributed by atoms with Gasteiger partial charge in [-0.2, -0.15) is 0 Å². The van der Waals surface area contributed by atoms with Gasteiger partial charge in [-0.1, -0.05) is 59.1 Å². The van der Waals surface area contributed by atoms with E-state index >= 15 is 0 Å². The Hall–Kier alpha value is -1.81. The molecule has 110 valence electrons. The summed E-state index contributed by atoms with van der Waals surface area (Å²) >= 11 is 17.9. The van der Waals surface area contributed by atoms with Crippen molar-refractivity contribution in [2.24, 2.45) is 0 Å². The summed E-state index contributed by atoms with van der Waals surface area (Å²) in [4.78, 5) is 24.8. The molecule has 3 rings (SSSR count). The van der Waals surface area contributed by atoms with E-state index in [2.05, 4.69) is 5.32 Å². The van der Waals surface area contributed by atoms with E-state index in [-0.39, 0.29) is 22.3 Å². The number of hydrogen-bond acceptors (Lipinski definition) is 3. The number of hydrogen-bond donors (Lipinski definition) is 1. The minimum atomic E-state index is -0.389. The quantitative estimate of drug-likeness (QED) is 0.833. The van der Waals surface area contributed by atoms with Crippen molar-refractivity contribution < 1.29 is 9.59 Å². The number of rotatable bonds is 2. The molecule has 1 N–H and O–H groups in total. The third-order valence-electron chi connectivity index (χ3n) is 3.25. The summed E-state index contributed by atoms with van der Waals surface area (Å²) in [6.07, 6.45) is 0. The number of allylic oxidation sites excluding steroid dienone is 2. The van der Waals surface area contributed by atoms with E-state index in [1.165, 1.54) is 0 Å². The number of nitrogens with one attached hydrogen (secondary N) is 1. The largest absolute Gasteiger partial charge is 0.351 e. The molecule has 0 fully saturated rings. The Morgan fingerprint density at radius 1 is 0.773 bits per heavy atom. The maximum absolute atomic E-state index is 12.5. The lowest BCUT2D eigenvalue weighted by Gasteiger charge is -2.19. The fourth-order valence-electron chi connectivity index (χ4n) is 2.18. The lowest BCUT2D eigenvalue weighted by Crippen LogP contribution is -2.24. The standard InChI is InChI=1S/C16H8Cl3NO2/c17-11-6-5-8(7-12(11)18)20-14-13(19)15(21)9-3-1-2-4-10(9)16(14)22/h1-7,20H. The first-order valence-electron chi connectivity index (χ1n) is 6.29. The molecule has 0 aliphatic heterocycles. The molecule has 0 unspecified atom stereocenters. The van der Waals surface area contributed by atoms with Crippen molar-refractivity contribution in [2.45, 2.75) is 0 Å². The van der Waals surface area contributed by atoms with Crippen LogP contribution in [-0.4, -0.2) is 11.6 Å². The third kappa shape index (κ3) is 2.52. The minimum Gasteiger partial charge on any atom is -0.351 e. The summed E-state index contributed by atoms with van der Waals surface area (Å²) in [5, 5.41) is 3.43. The molecule has 0 saturated heterocycles. The van der Waals surface area contributed by atoms with Gasteiger partial charge in [-0.25, -0.2) is 0 Å². The third-order valence-corrected chi connectivity index (χ3v) is 4.35. The average molecular weight is 353 g/mol. The highest BCUT2D eigenvalue weighted by Crippen LogP contribution is 2.31. The number of benzene rings is 2. The molecule has 0 heterocycles. The van der Waals surface area contributed by atoms with Crippen molar-refractivity contribution in [3.05, 3.63) is 74.4 Å². The Balaban J connectivity index is 2.03. The van der Waals surface area contributed by atoms with Gasteiger partial charge in [0.25, 0.3) is 0 Å². The predicted molar refractivity (Wildman–Crippen MR) is 88.1 cm³/mol. The lowest BCUT2D eigenvalue weighted by molar-refractivity contribution is 0.0982.